The van der Waals surface area contributed by atoms with E-state index in [1.807, 2.05) is 13.0 Å². The lowest BCUT2D eigenvalue weighted by molar-refractivity contribution is 0.0982. The summed E-state index contributed by atoms with van der Waals surface area (Å²) < 4.78 is 32.9. The number of carbonyl (C=O) groups excluding carboxylic acids is 1. The van der Waals surface area contributed by atoms with E-state index in [9.17, 15) is 13.2 Å². The number of anilines is 1. The Labute approximate surface area is 141 Å². The summed E-state index contributed by atoms with van der Waals surface area (Å²) in [4.78, 5) is 12.4. The summed E-state index contributed by atoms with van der Waals surface area (Å²) in [6.45, 7) is 3.76. The third-order valence-corrected chi connectivity index (χ3v) is 6.18. The maximum absolute atomic E-state index is 13.2. The molecule has 2 aromatic carbocycles. The quantitative estimate of drug-likeness (QED) is 0.857. The van der Waals surface area contributed by atoms with Crippen molar-refractivity contribution in [2.75, 3.05) is 18.0 Å². The van der Waals surface area contributed by atoms with Gasteiger partial charge in [-0.3, -0.25) is 9.10 Å². The molecular formula is C18H19NO4S. The van der Waals surface area contributed by atoms with Crippen LogP contribution in [-0.4, -0.2) is 27.9 Å². The average molecular weight is 345 g/mol. The van der Waals surface area contributed by atoms with Crippen molar-refractivity contribution in [3.05, 3.63) is 53.1 Å². The van der Waals surface area contributed by atoms with Crippen molar-refractivity contribution in [3.8, 4) is 5.75 Å². The van der Waals surface area contributed by atoms with E-state index in [-0.39, 0.29) is 23.6 Å². The van der Waals surface area contributed by atoms with Gasteiger partial charge in [0.05, 0.1) is 17.7 Å². The van der Waals surface area contributed by atoms with E-state index < -0.39 is 10.0 Å². The number of sulfonamides is 1. The number of aryl methyl sites for hydroxylation is 2. The topological polar surface area (TPSA) is 63.7 Å². The second-order valence-electron chi connectivity index (χ2n) is 5.90. The van der Waals surface area contributed by atoms with Crippen molar-refractivity contribution in [2.24, 2.45) is 0 Å². The van der Waals surface area contributed by atoms with Crippen LogP contribution in [0.4, 0.5) is 5.69 Å². The lowest BCUT2D eigenvalue weighted by Gasteiger charge is -2.30. The molecule has 0 aliphatic carbocycles. The van der Waals surface area contributed by atoms with Gasteiger partial charge in [-0.1, -0.05) is 12.1 Å². The van der Waals surface area contributed by atoms with Crippen LogP contribution in [0.15, 0.2) is 41.3 Å². The van der Waals surface area contributed by atoms with Gasteiger partial charge in [0, 0.05) is 24.6 Å². The highest BCUT2D eigenvalue weighted by atomic mass is 32.2. The summed E-state index contributed by atoms with van der Waals surface area (Å²) >= 11 is 0. The number of benzene rings is 2. The Bertz CT molecular complexity index is 919. The third kappa shape index (κ3) is 2.67. The Morgan fingerprint density at radius 2 is 1.83 bits per heavy atom. The van der Waals surface area contributed by atoms with E-state index in [0.29, 0.717) is 22.6 Å². The fourth-order valence-corrected chi connectivity index (χ4v) is 4.68. The van der Waals surface area contributed by atoms with Crippen LogP contribution >= 0.6 is 0 Å². The molecule has 0 spiro atoms. The molecule has 0 atom stereocenters. The number of fused-ring (bicyclic) bond motifs is 1. The highest BCUT2D eigenvalue weighted by Crippen LogP contribution is 2.35. The molecule has 0 aromatic heterocycles. The fourth-order valence-electron chi connectivity index (χ4n) is 2.89. The fraction of sp³-hybridized carbons (Fsp3) is 0.278. The predicted molar refractivity (Wildman–Crippen MR) is 92.4 cm³/mol. The predicted octanol–water partition coefficient (Wildman–Crippen LogP) is 3.09. The molecular weight excluding hydrogens is 326 g/mol. The first kappa shape index (κ1) is 16.5. The van der Waals surface area contributed by atoms with E-state index in [2.05, 4.69) is 0 Å². The Hall–Kier alpha value is -2.34. The number of Topliss-reactive ketones (excluding diaryl/α,β-unsaturated/α-hetero) is 1. The molecule has 3 rings (SSSR count). The monoisotopic (exact) mass is 345 g/mol. The van der Waals surface area contributed by atoms with Crippen LogP contribution in [-0.2, 0) is 10.0 Å². The van der Waals surface area contributed by atoms with Crippen LogP contribution in [0.1, 0.15) is 27.9 Å². The van der Waals surface area contributed by atoms with Crippen LogP contribution in [0.3, 0.4) is 0 Å². The Morgan fingerprint density at radius 1 is 1.08 bits per heavy atom. The molecule has 0 unspecified atom stereocenters. The first-order valence-corrected chi connectivity index (χ1v) is 9.10. The molecule has 1 aliphatic heterocycles. The van der Waals surface area contributed by atoms with Crippen molar-refractivity contribution >= 4 is 21.5 Å². The number of methoxy groups -OCH3 is 1. The summed E-state index contributed by atoms with van der Waals surface area (Å²) in [5, 5.41) is 0. The first-order valence-electron chi connectivity index (χ1n) is 7.66. The lowest BCUT2D eigenvalue weighted by Crippen LogP contribution is -2.37. The minimum atomic E-state index is -3.75. The molecule has 0 N–H and O–H groups in total. The standard InChI is InChI=1S/C18H19NO4S/c1-12-4-5-13(2)18(10-12)24(21,22)19-9-8-17(20)15-7-6-14(23-3)11-16(15)19/h4-7,10-11H,8-9H2,1-3H3. The molecule has 1 heterocycles. The highest BCUT2D eigenvalue weighted by molar-refractivity contribution is 7.92. The van der Waals surface area contributed by atoms with E-state index in [0.717, 1.165) is 5.56 Å². The van der Waals surface area contributed by atoms with Gasteiger partial charge in [0.25, 0.3) is 10.0 Å². The third-order valence-electron chi connectivity index (χ3n) is 4.23. The van der Waals surface area contributed by atoms with Gasteiger partial charge in [-0.05, 0) is 43.2 Å². The second-order valence-corrected chi connectivity index (χ2v) is 7.73. The molecule has 0 bridgehead atoms. The molecule has 0 saturated carbocycles. The van der Waals surface area contributed by atoms with Gasteiger partial charge in [0.1, 0.15) is 5.75 Å². The van der Waals surface area contributed by atoms with E-state index in [4.69, 9.17) is 4.74 Å². The highest BCUT2D eigenvalue weighted by Gasteiger charge is 2.33. The number of carbonyl (C=O) groups is 1. The normalized spacial score (nSPS) is 14.5. The van der Waals surface area contributed by atoms with Gasteiger partial charge in [-0.15, -0.1) is 0 Å². The number of hydrogen-bond donors (Lipinski definition) is 0. The number of ketones is 1. The van der Waals surface area contributed by atoms with Gasteiger partial charge in [0.15, 0.2) is 5.78 Å². The summed E-state index contributed by atoms with van der Waals surface area (Å²) in [7, 11) is -2.24. The number of rotatable bonds is 3. The molecule has 0 radical (unpaired) electrons. The summed E-state index contributed by atoms with van der Waals surface area (Å²) in [5.74, 6) is 0.463. The number of ether oxygens (including phenoxy) is 1. The maximum atomic E-state index is 13.2. The van der Waals surface area contributed by atoms with Crippen LogP contribution in [0, 0.1) is 13.8 Å². The van der Waals surface area contributed by atoms with Gasteiger partial charge in [0.2, 0.25) is 0 Å². The smallest absolute Gasteiger partial charge is 0.264 e. The van der Waals surface area contributed by atoms with Crippen LogP contribution in [0.25, 0.3) is 0 Å². The molecule has 1 aliphatic rings. The van der Waals surface area contributed by atoms with Gasteiger partial charge in [-0.25, -0.2) is 8.42 Å². The second kappa shape index (κ2) is 5.94. The number of nitrogens with zero attached hydrogens (tertiary/aromatic N) is 1. The minimum Gasteiger partial charge on any atom is -0.497 e. The van der Waals surface area contributed by atoms with Crippen molar-refractivity contribution in [1.82, 2.24) is 0 Å². The van der Waals surface area contributed by atoms with E-state index in [1.165, 1.54) is 11.4 Å². The van der Waals surface area contributed by atoms with E-state index >= 15 is 0 Å². The molecule has 24 heavy (non-hydrogen) atoms. The largest absolute Gasteiger partial charge is 0.497 e. The molecule has 0 amide bonds. The lowest BCUT2D eigenvalue weighted by atomic mass is 10.0. The Kier molecular flexibility index (Phi) is 4.09. The van der Waals surface area contributed by atoms with Crippen LogP contribution in [0.5, 0.6) is 5.75 Å². The van der Waals surface area contributed by atoms with Gasteiger partial charge in [-0.2, -0.15) is 0 Å². The Morgan fingerprint density at radius 3 is 2.54 bits per heavy atom. The average Bonchev–Trinajstić information content (AvgIpc) is 2.56. The van der Waals surface area contributed by atoms with Crippen LogP contribution in [0.2, 0.25) is 0 Å². The number of hydrogen-bond acceptors (Lipinski definition) is 4. The van der Waals surface area contributed by atoms with Gasteiger partial charge >= 0.3 is 0 Å². The molecule has 0 fully saturated rings. The maximum Gasteiger partial charge on any atom is 0.264 e. The van der Waals surface area contributed by atoms with Crippen molar-refractivity contribution in [1.29, 1.82) is 0 Å². The zero-order valence-corrected chi connectivity index (χ0v) is 14.7. The van der Waals surface area contributed by atoms with Crippen LogP contribution < -0.4 is 9.04 Å². The first-order chi connectivity index (χ1) is 11.3. The molecule has 6 heteroatoms. The SMILES string of the molecule is COc1ccc2c(c1)N(S(=O)(=O)c1cc(C)ccc1C)CCC2=O. The van der Waals surface area contributed by atoms with E-state index in [1.54, 1.807) is 37.3 Å². The van der Waals surface area contributed by atoms with Crippen molar-refractivity contribution in [3.63, 3.8) is 0 Å². The molecule has 2 aromatic rings. The Balaban J connectivity index is 2.18. The summed E-state index contributed by atoms with van der Waals surface area (Å²) in [5.41, 5.74) is 2.35. The van der Waals surface area contributed by atoms with Gasteiger partial charge < -0.3 is 4.74 Å². The molecule has 5 nitrogen and oxygen atoms in total. The van der Waals surface area contributed by atoms with Crippen molar-refractivity contribution < 1.29 is 17.9 Å². The molecule has 126 valence electrons. The van der Waals surface area contributed by atoms with Crippen molar-refractivity contribution in [2.45, 2.75) is 25.2 Å². The zero-order chi connectivity index (χ0) is 17.5. The molecule has 0 saturated heterocycles. The minimum absolute atomic E-state index is 0.0555. The zero-order valence-electron chi connectivity index (χ0n) is 13.9. The summed E-state index contributed by atoms with van der Waals surface area (Å²) in [6.07, 6.45) is 0.170. The summed E-state index contributed by atoms with van der Waals surface area (Å²) in [6, 6.07) is 10.2.